The van der Waals surface area contributed by atoms with Gasteiger partial charge in [0.15, 0.2) is 0 Å². The van der Waals surface area contributed by atoms with E-state index in [2.05, 4.69) is 33.8 Å². The molecule has 1 aliphatic carbocycles. The minimum absolute atomic E-state index is 0.0717. The highest BCUT2D eigenvalue weighted by Crippen LogP contribution is 2.41. The standard InChI is InChI=1S/C27H30ClFN4O2/c1-4-23-21(14-33(32-23)17-5-7-18(34)8-6-17)16-11-19-20(13-31-27(19)30-12-16)15(2)25-24(35-3)10-9-22(29)26(25)28/h9-15,17-18,34H,4-8H2,1-3H3,(H,30,31)/t15-,17-,18-/m0/s1. The highest BCUT2D eigenvalue weighted by molar-refractivity contribution is 6.31. The Bertz CT molecular complexity index is 1360. The number of aryl methyl sites for hydroxylation is 1. The molecule has 1 fully saturated rings. The second-order valence-electron chi connectivity index (χ2n) is 9.35. The first-order valence-electron chi connectivity index (χ1n) is 12.2. The van der Waals surface area contributed by atoms with E-state index in [1.165, 1.54) is 6.07 Å². The third-order valence-electron chi connectivity index (χ3n) is 7.27. The van der Waals surface area contributed by atoms with Crippen LogP contribution in [0.3, 0.4) is 0 Å². The molecule has 0 saturated heterocycles. The summed E-state index contributed by atoms with van der Waals surface area (Å²) in [6.45, 7) is 4.10. The van der Waals surface area contributed by atoms with Gasteiger partial charge in [0.25, 0.3) is 0 Å². The Morgan fingerprint density at radius 1 is 1.29 bits per heavy atom. The van der Waals surface area contributed by atoms with Crippen molar-refractivity contribution in [3.63, 3.8) is 0 Å². The number of H-pyrrole nitrogens is 1. The molecule has 0 unspecified atom stereocenters. The lowest BCUT2D eigenvalue weighted by Gasteiger charge is -2.25. The number of ether oxygens (including phenoxy) is 1. The number of hydrogen-bond donors (Lipinski definition) is 2. The molecule has 8 heteroatoms. The highest BCUT2D eigenvalue weighted by atomic mass is 35.5. The molecular weight excluding hydrogens is 467 g/mol. The number of benzene rings is 1. The predicted octanol–water partition coefficient (Wildman–Crippen LogP) is 6.42. The van der Waals surface area contributed by atoms with Crippen molar-refractivity contribution < 1.29 is 14.2 Å². The highest BCUT2D eigenvalue weighted by Gasteiger charge is 2.25. The zero-order chi connectivity index (χ0) is 24.7. The number of rotatable bonds is 6. The maximum absolute atomic E-state index is 14.3. The number of pyridine rings is 1. The van der Waals surface area contributed by atoms with Crippen LogP contribution in [0.2, 0.25) is 5.02 Å². The van der Waals surface area contributed by atoms with Gasteiger partial charge in [0.05, 0.1) is 30.0 Å². The van der Waals surface area contributed by atoms with Crippen LogP contribution in [0.25, 0.3) is 22.2 Å². The topological polar surface area (TPSA) is 76.0 Å². The molecule has 5 rings (SSSR count). The number of nitrogens with zero attached hydrogens (tertiary/aromatic N) is 3. The summed E-state index contributed by atoms with van der Waals surface area (Å²) in [5.41, 5.74) is 5.41. The maximum atomic E-state index is 14.3. The Morgan fingerprint density at radius 3 is 2.77 bits per heavy atom. The van der Waals surface area contributed by atoms with Gasteiger partial charge < -0.3 is 14.8 Å². The monoisotopic (exact) mass is 496 g/mol. The zero-order valence-corrected chi connectivity index (χ0v) is 20.9. The lowest BCUT2D eigenvalue weighted by atomic mass is 9.91. The van der Waals surface area contributed by atoms with Crippen molar-refractivity contribution in [3.8, 4) is 16.9 Å². The Morgan fingerprint density at radius 2 is 2.06 bits per heavy atom. The Balaban J connectivity index is 1.55. The summed E-state index contributed by atoms with van der Waals surface area (Å²) in [4.78, 5) is 7.93. The lowest BCUT2D eigenvalue weighted by molar-refractivity contribution is 0.108. The van der Waals surface area contributed by atoms with Crippen LogP contribution in [0.15, 0.2) is 36.8 Å². The molecule has 3 aromatic heterocycles. The molecule has 0 bridgehead atoms. The molecule has 35 heavy (non-hydrogen) atoms. The molecule has 184 valence electrons. The van der Waals surface area contributed by atoms with Crippen LogP contribution in [-0.2, 0) is 6.42 Å². The van der Waals surface area contributed by atoms with E-state index in [1.54, 1.807) is 13.2 Å². The van der Waals surface area contributed by atoms with Crippen molar-refractivity contribution in [2.24, 2.45) is 0 Å². The van der Waals surface area contributed by atoms with Crippen molar-refractivity contribution in [2.45, 2.75) is 64.0 Å². The average Bonchev–Trinajstić information content (AvgIpc) is 3.49. The fraction of sp³-hybridized carbons (Fsp3) is 0.407. The molecule has 1 atom stereocenters. The molecule has 0 aliphatic heterocycles. The van der Waals surface area contributed by atoms with Gasteiger partial charge >= 0.3 is 0 Å². The smallest absolute Gasteiger partial charge is 0.142 e. The number of methoxy groups -OCH3 is 1. The van der Waals surface area contributed by atoms with Gasteiger partial charge in [-0.2, -0.15) is 5.10 Å². The summed E-state index contributed by atoms with van der Waals surface area (Å²) in [7, 11) is 1.56. The Hall–Kier alpha value is -2.90. The molecular formula is C27H30ClFN4O2. The molecule has 1 aromatic carbocycles. The normalized spacial score (nSPS) is 19.3. The van der Waals surface area contributed by atoms with Gasteiger partial charge in [0.1, 0.15) is 17.2 Å². The molecule has 1 saturated carbocycles. The number of nitrogens with one attached hydrogen (secondary N) is 1. The van der Waals surface area contributed by atoms with Crippen LogP contribution in [0.1, 0.15) is 68.3 Å². The van der Waals surface area contributed by atoms with Crippen LogP contribution < -0.4 is 4.74 Å². The van der Waals surface area contributed by atoms with E-state index in [1.807, 2.05) is 19.3 Å². The molecule has 2 N–H and O–H groups in total. The van der Waals surface area contributed by atoms with Crippen molar-refractivity contribution >= 4 is 22.6 Å². The molecule has 3 heterocycles. The van der Waals surface area contributed by atoms with E-state index in [9.17, 15) is 9.50 Å². The van der Waals surface area contributed by atoms with Crippen molar-refractivity contribution in [1.29, 1.82) is 0 Å². The molecule has 6 nitrogen and oxygen atoms in total. The summed E-state index contributed by atoms with van der Waals surface area (Å²) in [5.74, 6) is -0.140. The SMILES string of the molecule is CCc1nn([C@H]2CC[C@H](O)CC2)cc1-c1cnc2[nH]cc([C@H](C)c3c(OC)ccc(F)c3Cl)c2c1. The summed E-state index contributed by atoms with van der Waals surface area (Å²) in [6, 6.07) is 5.36. The van der Waals surface area contributed by atoms with E-state index < -0.39 is 5.82 Å². The van der Waals surface area contributed by atoms with Gasteiger partial charge in [-0.1, -0.05) is 25.4 Å². The van der Waals surface area contributed by atoms with E-state index in [-0.39, 0.29) is 17.0 Å². The minimum atomic E-state index is -0.469. The van der Waals surface area contributed by atoms with Gasteiger partial charge in [-0.3, -0.25) is 4.68 Å². The van der Waals surface area contributed by atoms with E-state index in [0.717, 1.165) is 65.5 Å². The number of aromatic nitrogens is 4. The predicted molar refractivity (Wildman–Crippen MR) is 136 cm³/mol. The van der Waals surface area contributed by atoms with Crippen molar-refractivity contribution in [3.05, 3.63) is 64.5 Å². The second-order valence-corrected chi connectivity index (χ2v) is 9.73. The third-order valence-corrected chi connectivity index (χ3v) is 7.65. The summed E-state index contributed by atoms with van der Waals surface area (Å²) < 4.78 is 21.9. The maximum Gasteiger partial charge on any atom is 0.142 e. The average molecular weight is 497 g/mol. The van der Waals surface area contributed by atoms with Crippen molar-refractivity contribution in [1.82, 2.24) is 19.7 Å². The first-order chi connectivity index (χ1) is 16.9. The number of aliphatic hydroxyl groups is 1. The minimum Gasteiger partial charge on any atom is -0.496 e. The summed E-state index contributed by atoms with van der Waals surface area (Å²) in [6.07, 6.45) is 9.98. The van der Waals surface area contributed by atoms with Crippen LogP contribution in [0, 0.1) is 5.82 Å². The quantitative estimate of drug-likeness (QED) is 0.323. The van der Waals surface area contributed by atoms with Crippen molar-refractivity contribution in [2.75, 3.05) is 7.11 Å². The van der Waals surface area contributed by atoms with Gasteiger partial charge in [-0.25, -0.2) is 9.37 Å². The van der Waals surface area contributed by atoms with Crippen LogP contribution in [0.4, 0.5) is 4.39 Å². The number of halogens is 2. The molecule has 0 amide bonds. The number of aliphatic hydroxyl groups excluding tert-OH is 1. The summed E-state index contributed by atoms with van der Waals surface area (Å²) in [5, 5.41) is 15.8. The van der Waals surface area contributed by atoms with Gasteiger partial charge in [0.2, 0.25) is 0 Å². The summed E-state index contributed by atoms with van der Waals surface area (Å²) >= 11 is 6.38. The second kappa shape index (κ2) is 9.63. The molecule has 0 radical (unpaired) electrons. The number of hydrogen-bond acceptors (Lipinski definition) is 4. The molecule has 4 aromatic rings. The number of aromatic amines is 1. The molecule has 1 aliphatic rings. The van der Waals surface area contributed by atoms with Crippen LogP contribution >= 0.6 is 11.6 Å². The largest absolute Gasteiger partial charge is 0.496 e. The van der Waals surface area contributed by atoms with Crippen LogP contribution in [-0.4, -0.2) is 38.1 Å². The van der Waals surface area contributed by atoms with E-state index >= 15 is 0 Å². The Labute approximate surface area is 209 Å². The van der Waals surface area contributed by atoms with Crippen LogP contribution in [0.5, 0.6) is 5.75 Å². The van der Waals surface area contributed by atoms with Gasteiger partial charge in [-0.05, 0) is 55.9 Å². The first kappa shape index (κ1) is 23.8. The number of fused-ring (bicyclic) bond motifs is 1. The fourth-order valence-corrected chi connectivity index (χ4v) is 5.58. The Kier molecular flexibility index (Phi) is 6.55. The van der Waals surface area contributed by atoms with Gasteiger partial charge in [0, 0.05) is 46.6 Å². The lowest BCUT2D eigenvalue weighted by Crippen LogP contribution is -2.21. The molecule has 0 spiro atoms. The van der Waals surface area contributed by atoms with E-state index in [4.69, 9.17) is 21.4 Å². The van der Waals surface area contributed by atoms with E-state index in [0.29, 0.717) is 17.4 Å². The third kappa shape index (κ3) is 4.32. The first-order valence-corrected chi connectivity index (χ1v) is 12.5. The fourth-order valence-electron chi connectivity index (χ4n) is 5.26. The zero-order valence-electron chi connectivity index (χ0n) is 20.2. The van der Waals surface area contributed by atoms with Gasteiger partial charge in [-0.15, -0.1) is 0 Å².